The van der Waals surface area contributed by atoms with Crippen LogP contribution in [0.2, 0.25) is 0 Å². The van der Waals surface area contributed by atoms with E-state index in [9.17, 15) is 9.90 Å². The summed E-state index contributed by atoms with van der Waals surface area (Å²) in [4.78, 5) is 11.6. The van der Waals surface area contributed by atoms with Crippen molar-refractivity contribution >= 4 is 5.97 Å². The molecule has 0 aliphatic heterocycles. The Balaban J connectivity index is 3.40. The Kier molecular flexibility index (Phi) is 4.44. The summed E-state index contributed by atoms with van der Waals surface area (Å²) in [5.41, 5.74) is 0.0483. The minimum Gasteiger partial charge on any atom is -0.480 e. The van der Waals surface area contributed by atoms with Crippen LogP contribution in [-0.4, -0.2) is 11.1 Å². The van der Waals surface area contributed by atoms with Gasteiger partial charge in [-0.2, -0.15) is 0 Å². The number of carbonyl (C=O) groups is 1. The number of hydrogen-bond donors (Lipinski definition) is 1. The quantitative estimate of drug-likeness (QED) is 0.763. The molecule has 1 N–H and O–H groups in total. The largest absolute Gasteiger partial charge is 0.480 e. The van der Waals surface area contributed by atoms with Gasteiger partial charge in [0.1, 0.15) is 5.41 Å². The highest BCUT2D eigenvalue weighted by molar-refractivity contribution is 5.79. The smallest absolute Gasteiger partial charge is 0.317 e. The van der Waals surface area contributed by atoms with Gasteiger partial charge >= 0.3 is 5.97 Å². The molecule has 0 spiro atoms. The summed E-state index contributed by atoms with van der Waals surface area (Å²) in [6.07, 6.45) is 10.0. The van der Waals surface area contributed by atoms with Crippen molar-refractivity contribution in [3.8, 4) is 0 Å². The van der Waals surface area contributed by atoms with E-state index < -0.39 is 11.4 Å². The van der Waals surface area contributed by atoms with E-state index in [1.54, 1.807) is 6.92 Å². The fourth-order valence-electron chi connectivity index (χ4n) is 2.00. The van der Waals surface area contributed by atoms with Crippen molar-refractivity contribution < 1.29 is 9.90 Å². The summed E-state index contributed by atoms with van der Waals surface area (Å²) >= 11 is 0. The third-order valence-electron chi connectivity index (χ3n) is 4.26. The number of rotatable bonds is 3. The fraction of sp³-hybridized carbons (Fsp3) is 0.588. The van der Waals surface area contributed by atoms with E-state index in [-0.39, 0.29) is 5.41 Å². The van der Waals surface area contributed by atoms with Crippen molar-refractivity contribution in [2.24, 2.45) is 22.7 Å². The van der Waals surface area contributed by atoms with Crippen LogP contribution in [0.5, 0.6) is 0 Å². The van der Waals surface area contributed by atoms with Crippen LogP contribution in [0.25, 0.3) is 0 Å². The monoisotopic (exact) mass is 262 g/mol. The highest BCUT2D eigenvalue weighted by atomic mass is 16.4. The van der Waals surface area contributed by atoms with Crippen LogP contribution in [0.4, 0.5) is 0 Å². The summed E-state index contributed by atoms with van der Waals surface area (Å²) in [5.74, 6) is -0.0642. The molecule has 1 rings (SSSR count). The van der Waals surface area contributed by atoms with Crippen molar-refractivity contribution in [1.82, 2.24) is 0 Å². The minimum absolute atomic E-state index is 0.106. The molecule has 19 heavy (non-hydrogen) atoms. The lowest BCUT2D eigenvalue weighted by Gasteiger charge is -2.31. The fourth-order valence-corrected chi connectivity index (χ4v) is 2.00. The number of carboxylic acids is 1. The molecule has 0 saturated heterocycles. The summed E-state index contributed by atoms with van der Waals surface area (Å²) in [6.45, 7) is 12.4. The van der Waals surface area contributed by atoms with E-state index in [1.165, 1.54) is 0 Å². The number of allylic oxidation sites excluding steroid dienone is 4. The van der Waals surface area contributed by atoms with Crippen LogP contribution in [0.1, 0.15) is 41.5 Å². The van der Waals surface area contributed by atoms with Gasteiger partial charge in [0.2, 0.25) is 0 Å². The maximum absolute atomic E-state index is 11.6. The Morgan fingerprint density at radius 3 is 2.11 bits per heavy atom. The first kappa shape index (κ1) is 15.7. The summed E-state index contributed by atoms with van der Waals surface area (Å²) in [7, 11) is 0. The molecule has 0 bridgehead atoms. The van der Waals surface area contributed by atoms with Crippen LogP contribution >= 0.6 is 0 Å². The minimum atomic E-state index is -0.930. The number of hydrogen-bond acceptors (Lipinski definition) is 1. The maximum atomic E-state index is 11.6. The molecule has 2 heteroatoms. The van der Waals surface area contributed by atoms with E-state index in [0.717, 1.165) is 5.57 Å². The number of aliphatic carboxylic acids is 1. The van der Waals surface area contributed by atoms with Crippen LogP contribution in [0.3, 0.4) is 0 Å². The van der Waals surface area contributed by atoms with Crippen LogP contribution in [-0.2, 0) is 4.79 Å². The summed E-state index contributed by atoms with van der Waals surface area (Å²) in [6, 6.07) is 0. The van der Waals surface area contributed by atoms with Crippen molar-refractivity contribution in [2.45, 2.75) is 41.5 Å². The first-order chi connectivity index (χ1) is 8.61. The molecular formula is C17H26O2. The highest BCUT2D eigenvalue weighted by Gasteiger charge is 2.32. The zero-order valence-corrected chi connectivity index (χ0v) is 12.9. The molecule has 0 fully saturated rings. The second kappa shape index (κ2) is 5.36. The molecule has 0 aromatic heterocycles. The lowest BCUT2D eigenvalue weighted by molar-refractivity contribution is -0.142. The standard InChI is InChI=1S/C17H26O2/c1-12(2)14-7-8-16(5,13(3)4)9-10-17(6,11-14)15(18)19/h7-13H,1-6H3,(H,18,19)/b8-7?,10-9-,14-11?. The molecule has 106 valence electrons. The van der Waals surface area contributed by atoms with Gasteiger partial charge in [-0.1, -0.05) is 65.0 Å². The second-order valence-corrected chi connectivity index (χ2v) is 6.57. The molecule has 2 atom stereocenters. The third kappa shape index (κ3) is 3.37. The van der Waals surface area contributed by atoms with Gasteiger partial charge in [0.25, 0.3) is 0 Å². The average molecular weight is 262 g/mol. The molecule has 0 amide bonds. The molecule has 1 aliphatic carbocycles. The van der Waals surface area contributed by atoms with Crippen LogP contribution < -0.4 is 0 Å². The van der Waals surface area contributed by atoms with Crippen molar-refractivity contribution in [2.75, 3.05) is 0 Å². The Morgan fingerprint density at radius 2 is 1.68 bits per heavy atom. The molecule has 2 unspecified atom stereocenters. The van der Waals surface area contributed by atoms with Gasteiger partial charge in [0, 0.05) is 5.41 Å². The lowest BCUT2D eigenvalue weighted by atomic mass is 9.73. The van der Waals surface area contributed by atoms with E-state index in [2.05, 4.69) is 46.8 Å². The van der Waals surface area contributed by atoms with Gasteiger partial charge in [-0.25, -0.2) is 0 Å². The van der Waals surface area contributed by atoms with Gasteiger partial charge in [-0.05, 0) is 24.3 Å². The zero-order chi connectivity index (χ0) is 14.8. The predicted octanol–water partition coefficient (Wildman–Crippen LogP) is 4.45. The summed E-state index contributed by atoms with van der Waals surface area (Å²) < 4.78 is 0. The van der Waals surface area contributed by atoms with Crippen LogP contribution in [0, 0.1) is 22.7 Å². The van der Waals surface area contributed by atoms with Crippen molar-refractivity contribution in [1.29, 1.82) is 0 Å². The Bertz CT molecular complexity index is 440. The molecule has 0 heterocycles. The first-order valence-electron chi connectivity index (χ1n) is 6.96. The van der Waals surface area contributed by atoms with Gasteiger partial charge < -0.3 is 5.11 Å². The van der Waals surface area contributed by atoms with E-state index >= 15 is 0 Å². The Morgan fingerprint density at radius 1 is 1.11 bits per heavy atom. The van der Waals surface area contributed by atoms with E-state index in [1.807, 2.05) is 18.2 Å². The topological polar surface area (TPSA) is 37.3 Å². The SMILES string of the molecule is CC(C)C1=CC(C)(C(=O)O)/C=C\C(C)(C(C)C)C=C1. The highest BCUT2D eigenvalue weighted by Crippen LogP contribution is 2.37. The molecule has 0 radical (unpaired) electrons. The summed E-state index contributed by atoms with van der Waals surface area (Å²) in [5, 5.41) is 9.50. The zero-order valence-electron chi connectivity index (χ0n) is 12.9. The van der Waals surface area contributed by atoms with Crippen molar-refractivity contribution in [3.05, 3.63) is 36.0 Å². The second-order valence-electron chi connectivity index (χ2n) is 6.57. The lowest BCUT2D eigenvalue weighted by Crippen LogP contribution is -2.27. The Labute approximate surface area is 116 Å². The predicted molar refractivity (Wildman–Crippen MR) is 79.9 cm³/mol. The molecule has 0 aromatic carbocycles. The molecule has 2 nitrogen and oxygen atoms in total. The molecule has 0 aromatic rings. The van der Waals surface area contributed by atoms with Gasteiger partial charge in [-0.3, -0.25) is 4.79 Å². The molecule has 1 aliphatic rings. The van der Waals surface area contributed by atoms with Crippen molar-refractivity contribution in [3.63, 3.8) is 0 Å². The van der Waals surface area contributed by atoms with Crippen LogP contribution in [0.15, 0.2) is 36.0 Å². The Hall–Kier alpha value is -1.31. The number of carboxylic acid groups (broad SMARTS) is 1. The first-order valence-corrected chi connectivity index (χ1v) is 6.96. The molecule has 0 saturated carbocycles. The van der Waals surface area contributed by atoms with E-state index in [4.69, 9.17) is 0 Å². The van der Waals surface area contributed by atoms with E-state index in [0.29, 0.717) is 11.8 Å². The average Bonchev–Trinajstić information content (AvgIpc) is 2.29. The van der Waals surface area contributed by atoms with Gasteiger partial charge in [0.15, 0.2) is 0 Å². The van der Waals surface area contributed by atoms with Gasteiger partial charge in [0.05, 0.1) is 0 Å². The third-order valence-corrected chi connectivity index (χ3v) is 4.26. The molecular weight excluding hydrogens is 236 g/mol. The normalized spacial score (nSPS) is 32.9. The maximum Gasteiger partial charge on any atom is 0.317 e. The van der Waals surface area contributed by atoms with Gasteiger partial charge in [-0.15, -0.1) is 0 Å².